The van der Waals surface area contributed by atoms with Crippen LogP contribution >= 0.6 is 0 Å². The number of aromatic carboxylic acids is 1. The van der Waals surface area contributed by atoms with Gasteiger partial charge in [-0.15, -0.1) is 0 Å². The molecule has 1 unspecified atom stereocenters. The average molecular weight is 261 g/mol. The van der Waals surface area contributed by atoms with Crippen molar-refractivity contribution in [1.82, 2.24) is 0 Å². The quantitative estimate of drug-likeness (QED) is 0.770. The molecule has 2 rings (SSSR count). The third kappa shape index (κ3) is 3.14. The van der Waals surface area contributed by atoms with Crippen molar-refractivity contribution < 1.29 is 19.4 Å². The zero-order chi connectivity index (χ0) is 13.8. The summed E-state index contributed by atoms with van der Waals surface area (Å²) in [5.41, 5.74) is 1.71. The number of para-hydroxylation sites is 1. The molecule has 0 saturated heterocycles. The standard InChI is InChI=1S/C14H15NO4/c1-9(16)12-4-2-3-5-13(12)15-7-11-6-10(8-19-11)14(17)18/h2-6,8-9,15-16H,7H2,1H3,(H,17,18). The monoisotopic (exact) mass is 261 g/mol. The van der Waals surface area contributed by atoms with Crippen molar-refractivity contribution in [3.05, 3.63) is 53.5 Å². The third-order valence-corrected chi connectivity index (χ3v) is 2.76. The molecule has 19 heavy (non-hydrogen) atoms. The first-order valence-electron chi connectivity index (χ1n) is 5.89. The molecule has 0 bridgehead atoms. The molecule has 0 aliphatic carbocycles. The first-order valence-corrected chi connectivity index (χ1v) is 5.89. The number of carbonyl (C=O) groups is 1. The minimum atomic E-state index is -1.01. The Morgan fingerprint density at radius 3 is 2.79 bits per heavy atom. The number of furan rings is 1. The van der Waals surface area contributed by atoms with E-state index < -0.39 is 12.1 Å². The maximum atomic E-state index is 10.7. The Hall–Kier alpha value is -2.27. The summed E-state index contributed by atoms with van der Waals surface area (Å²) in [5.74, 6) is -0.489. The van der Waals surface area contributed by atoms with Gasteiger partial charge >= 0.3 is 5.97 Å². The Morgan fingerprint density at radius 1 is 1.42 bits per heavy atom. The Balaban J connectivity index is 2.08. The van der Waals surface area contributed by atoms with Crippen LogP contribution in [0.15, 0.2) is 41.0 Å². The van der Waals surface area contributed by atoms with Crippen LogP contribution in [0.5, 0.6) is 0 Å². The summed E-state index contributed by atoms with van der Waals surface area (Å²) in [6.45, 7) is 2.05. The Bertz CT molecular complexity index is 574. The van der Waals surface area contributed by atoms with Gasteiger partial charge in [0.05, 0.1) is 18.2 Å². The summed E-state index contributed by atoms with van der Waals surface area (Å²) in [6, 6.07) is 8.86. The molecule has 5 nitrogen and oxygen atoms in total. The summed E-state index contributed by atoms with van der Waals surface area (Å²) in [6.07, 6.45) is 0.634. The van der Waals surface area contributed by atoms with Crippen molar-refractivity contribution in [2.75, 3.05) is 5.32 Å². The van der Waals surface area contributed by atoms with E-state index in [2.05, 4.69) is 5.32 Å². The molecular weight excluding hydrogens is 246 g/mol. The molecular formula is C14H15NO4. The molecule has 0 spiro atoms. The van der Waals surface area contributed by atoms with E-state index in [1.165, 1.54) is 12.3 Å². The average Bonchev–Trinajstić information content (AvgIpc) is 2.85. The number of carboxylic acids is 1. The van der Waals surface area contributed by atoms with Crippen molar-refractivity contribution in [3.63, 3.8) is 0 Å². The van der Waals surface area contributed by atoms with Crippen LogP contribution in [0.2, 0.25) is 0 Å². The fourth-order valence-electron chi connectivity index (χ4n) is 1.79. The molecule has 3 N–H and O–H groups in total. The molecule has 0 amide bonds. The highest BCUT2D eigenvalue weighted by Gasteiger charge is 2.10. The molecule has 2 aromatic rings. The van der Waals surface area contributed by atoms with Crippen LogP contribution < -0.4 is 5.32 Å². The molecule has 0 radical (unpaired) electrons. The lowest BCUT2D eigenvalue weighted by atomic mass is 10.1. The van der Waals surface area contributed by atoms with Crippen molar-refractivity contribution in [3.8, 4) is 0 Å². The Kier molecular flexibility index (Phi) is 3.87. The zero-order valence-electron chi connectivity index (χ0n) is 10.5. The lowest BCUT2D eigenvalue weighted by Gasteiger charge is -2.12. The highest BCUT2D eigenvalue weighted by molar-refractivity contribution is 5.87. The van der Waals surface area contributed by atoms with E-state index in [1.807, 2.05) is 24.3 Å². The van der Waals surface area contributed by atoms with Gasteiger partial charge in [-0.05, 0) is 19.1 Å². The molecule has 0 aliphatic heterocycles. The van der Waals surface area contributed by atoms with Crippen LogP contribution in [-0.2, 0) is 6.54 Å². The smallest absolute Gasteiger partial charge is 0.338 e. The first kappa shape index (κ1) is 13.2. The predicted molar refractivity (Wildman–Crippen MR) is 70.1 cm³/mol. The molecule has 1 heterocycles. The van der Waals surface area contributed by atoms with E-state index in [9.17, 15) is 9.90 Å². The second-order valence-electron chi connectivity index (χ2n) is 4.22. The summed E-state index contributed by atoms with van der Waals surface area (Å²) >= 11 is 0. The first-order chi connectivity index (χ1) is 9.08. The number of benzene rings is 1. The second-order valence-corrected chi connectivity index (χ2v) is 4.22. The lowest BCUT2D eigenvalue weighted by Crippen LogP contribution is -2.03. The fraction of sp³-hybridized carbons (Fsp3) is 0.214. The van der Waals surface area contributed by atoms with Crippen LogP contribution in [-0.4, -0.2) is 16.2 Å². The maximum absolute atomic E-state index is 10.7. The van der Waals surface area contributed by atoms with Crippen LogP contribution in [0.3, 0.4) is 0 Å². The van der Waals surface area contributed by atoms with Crippen LogP contribution in [0.25, 0.3) is 0 Å². The molecule has 1 aromatic heterocycles. The molecule has 1 aromatic carbocycles. The molecule has 0 fully saturated rings. The predicted octanol–water partition coefficient (Wildman–Crippen LogP) is 2.64. The van der Waals surface area contributed by atoms with Gasteiger partial charge in [0.25, 0.3) is 0 Å². The number of anilines is 1. The van der Waals surface area contributed by atoms with Gasteiger partial charge in [-0.3, -0.25) is 0 Å². The summed E-state index contributed by atoms with van der Waals surface area (Å²) in [5, 5.41) is 21.5. The number of aliphatic hydroxyl groups is 1. The van der Waals surface area contributed by atoms with Gasteiger partial charge in [0.2, 0.25) is 0 Å². The van der Waals surface area contributed by atoms with Crippen molar-refractivity contribution >= 4 is 11.7 Å². The Labute approximate surface area is 110 Å². The summed E-state index contributed by atoms with van der Waals surface area (Å²) < 4.78 is 5.14. The number of hydrogen-bond donors (Lipinski definition) is 3. The molecule has 100 valence electrons. The largest absolute Gasteiger partial charge is 0.478 e. The summed E-state index contributed by atoms with van der Waals surface area (Å²) in [4.78, 5) is 10.7. The van der Waals surface area contributed by atoms with Gasteiger partial charge in [-0.1, -0.05) is 18.2 Å². The van der Waals surface area contributed by atoms with Gasteiger partial charge in [0.1, 0.15) is 12.0 Å². The number of nitrogens with one attached hydrogen (secondary N) is 1. The molecule has 1 atom stereocenters. The van der Waals surface area contributed by atoms with Gasteiger partial charge < -0.3 is 19.9 Å². The van der Waals surface area contributed by atoms with E-state index in [1.54, 1.807) is 6.92 Å². The number of hydrogen-bond acceptors (Lipinski definition) is 4. The summed E-state index contributed by atoms with van der Waals surface area (Å²) in [7, 11) is 0. The van der Waals surface area contributed by atoms with Gasteiger partial charge in [0, 0.05) is 11.3 Å². The van der Waals surface area contributed by atoms with E-state index in [4.69, 9.17) is 9.52 Å². The molecule has 0 saturated carbocycles. The zero-order valence-corrected chi connectivity index (χ0v) is 10.5. The maximum Gasteiger partial charge on any atom is 0.338 e. The van der Waals surface area contributed by atoms with Gasteiger partial charge in [0.15, 0.2) is 0 Å². The van der Waals surface area contributed by atoms with E-state index in [0.717, 1.165) is 11.3 Å². The SMILES string of the molecule is CC(O)c1ccccc1NCc1cc(C(=O)O)co1. The van der Waals surface area contributed by atoms with Gasteiger partial charge in [-0.2, -0.15) is 0 Å². The molecule has 0 aliphatic rings. The normalized spacial score (nSPS) is 12.1. The van der Waals surface area contributed by atoms with Crippen molar-refractivity contribution in [1.29, 1.82) is 0 Å². The van der Waals surface area contributed by atoms with Crippen LogP contribution in [0.4, 0.5) is 5.69 Å². The van der Waals surface area contributed by atoms with Crippen LogP contribution in [0, 0.1) is 0 Å². The van der Waals surface area contributed by atoms with E-state index >= 15 is 0 Å². The van der Waals surface area contributed by atoms with Crippen molar-refractivity contribution in [2.45, 2.75) is 19.6 Å². The number of rotatable bonds is 5. The van der Waals surface area contributed by atoms with E-state index in [-0.39, 0.29) is 5.56 Å². The van der Waals surface area contributed by atoms with Crippen LogP contribution in [0.1, 0.15) is 34.7 Å². The second kappa shape index (κ2) is 5.58. The minimum Gasteiger partial charge on any atom is -0.478 e. The lowest BCUT2D eigenvalue weighted by molar-refractivity contribution is 0.0696. The highest BCUT2D eigenvalue weighted by atomic mass is 16.4. The topological polar surface area (TPSA) is 82.7 Å². The number of aliphatic hydroxyl groups excluding tert-OH is 1. The van der Waals surface area contributed by atoms with Crippen molar-refractivity contribution in [2.24, 2.45) is 0 Å². The highest BCUT2D eigenvalue weighted by Crippen LogP contribution is 2.23. The fourth-order valence-corrected chi connectivity index (χ4v) is 1.79. The van der Waals surface area contributed by atoms with E-state index in [0.29, 0.717) is 12.3 Å². The number of carboxylic acid groups (broad SMARTS) is 1. The third-order valence-electron chi connectivity index (χ3n) is 2.76. The Morgan fingerprint density at radius 2 is 2.16 bits per heavy atom. The van der Waals surface area contributed by atoms with Gasteiger partial charge in [-0.25, -0.2) is 4.79 Å². The minimum absolute atomic E-state index is 0.126. The molecule has 5 heteroatoms.